The van der Waals surface area contributed by atoms with Gasteiger partial charge in [0.2, 0.25) is 0 Å². The van der Waals surface area contributed by atoms with Crippen molar-refractivity contribution in [2.75, 3.05) is 26.8 Å². The van der Waals surface area contributed by atoms with Crippen molar-refractivity contribution < 1.29 is 19.4 Å². The van der Waals surface area contributed by atoms with Crippen LogP contribution in [0.15, 0.2) is 0 Å². The second-order valence-electron chi connectivity index (χ2n) is 4.45. The Bertz CT molecular complexity index is 277. The van der Waals surface area contributed by atoms with Crippen LogP contribution < -0.4 is 5.32 Å². The number of amides is 2. The van der Waals surface area contributed by atoms with Gasteiger partial charge in [-0.1, -0.05) is 0 Å². The predicted molar refractivity (Wildman–Crippen MR) is 61.8 cm³/mol. The fourth-order valence-electron chi connectivity index (χ4n) is 1.76. The Labute approximate surface area is 101 Å². The minimum atomic E-state index is -1.03. The number of carbonyl (C=O) groups is 2. The number of aliphatic carboxylic acids is 1. The molecular weight excluding hydrogens is 224 g/mol. The first-order valence-corrected chi connectivity index (χ1v) is 5.83. The van der Waals surface area contributed by atoms with Crippen molar-refractivity contribution in [3.63, 3.8) is 0 Å². The zero-order valence-corrected chi connectivity index (χ0v) is 10.3. The Kier molecular flexibility index (Phi) is 5.21. The molecule has 0 aromatic carbocycles. The number of carboxylic acid groups (broad SMARTS) is 1. The minimum absolute atomic E-state index is 0.341. The maximum atomic E-state index is 11.7. The highest BCUT2D eigenvalue weighted by Crippen LogP contribution is 2.15. The lowest BCUT2D eigenvalue weighted by molar-refractivity contribution is -0.138. The molecule has 0 radical (unpaired) electrons. The first kappa shape index (κ1) is 13.8. The van der Waals surface area contributed by atoms with Gasteiger partial charge in [0.05, 0.1) is 0 Å². The van der Waals surface area contributed by atoms with Crippen LogP contribution in [-0.2, 0) is 9.53 Å². The lowest BCUT2D eigenvalue weighted by atomic mass is 10.00. The summed E-state index contributed by atoms with van der Waals surface area (Å²) in [5.74, 6) is -0.586. The Morgan fingerprint density at radius 1 is 1.47 bits per heavy atom. The molecule has 1 aliphatic heterocycles. The summed E-state index contributed by atoms with van der Waals surface area (Å²) in [6.45, 7) is 3.57. The van der Waals surface area contributed by atoms with Gasteiger partial charge in [-0.3, -0.25) is 4.79 Å². The molecule has 2 amide bonds. The molecule has 1 saturated heterocycles. The Balaban J connectivity index is 2.33. The predicted octanol–water partition coefficient (Wildman–Crippen LogP) is 0.527. The highest BCUT2D eigenvalue weighted by molar-refractivity contribution is 5.82. The number of carboxylic acids is 1. The SMILES string of the molecule is C[C@@H](NC(=O)N(C)CC1CCOCC1)C(=O)O. The summed E-state index contributed by atoms with van der Waals surface area (Å²) in [7, 11) is 1.68. The van der Waals surface area contributed by atoms with E-state index in [4.69, 9.17) is 9.84 Å². The summed E-state index contributed by atoms with van der Waals surface area (Å²) in [5.41, 5.74) is 0. The van der Waals surface area contributed by atoms with E-state index in [-0.39, 0.29) is 6.03 Å². The van der Waals surface area contributed by atoms with Crippen molar-refractivity contribution >= 4 is 12.0 Å². The molecule has 1 aliphatic rings. The number of ether oxygens (including phenoxy) is 1. The first-order valence-electron chi connectivity index (χ1n) is 5.83. The van der Waals surface area contributed by atoms with Gasteiger partial charge in [-0.05, 0) is 25.7 Å². The van der Waals surface area contributed by atoms with Crippen LogP contribution >= 0.6 is 0 Å². The molecule has 1 atom stereocenters. The molecule has 0 aromatic rings. The summed E-state index contributed by atoms with van der Waals surface area (Å²) >= 11 is 0. The van der Waals surface area contributed by atoms with Crippen LogP contribution in [0.25, 0.3) is 0 Å². The third-order valence-corrected chi connectivity index (χ3v) is 2.93. The summed E-state index contributed by atoms with van der Waals surface area (Å²) in [6.07, 6.45) is 1.90. The molecule has 1 heterocycles. The average molecular weight is 244 g/mol. The van der Waals surface area contributed by atoms with E-state index in [2.05, 4.69) is 5.32 Å². The van der Waals surface area contributed by atoms with E-state index in [1.807, 2.05) is 0 Å². The zero-order valence-electron chi connectivity index (χ0n) is 10.3. The van der Waals surface area contributed by atoms with Gasteiger partial charge in [0.15, 0.2) is 0 Å². The second-order valence-corrected chi connectivity index (χ2v) is 4.45. The minimum Gasteiger partial charge on any atom is -0.480 e. The standard InChI is InChI=1S/C11H20N2O4/c1-8(10(14)15)12-11(16)13(2)7-9-3-5-17-6-4-9/h8-9H,3-7H2,1-2H3,(H,12,16)(H,14,15)/t8-/m1/s1. The maximum absolute atomic E-state index is 11.7. The van der Waals surface area contributed by atoms with Gasteiger partial charge in [-0.15, -0.1) is 0 Å². The lowest BCUT2D eigenvalue weighted by Crippen LogP contribution is -2.46. The number of carbonyl (C=O) groups excluding carboxylic acids is 1. The summed E-state index contributed by atoms with van der Waals surface area (Å²) in [5, 5.41) is 11.1. The Morgan fingerprint density at radius 2 is 2.06 bits per heavy atom. The third-order valence-electron chi connectivity index (χ3n) is 2.93. The monoisotopic (exact) mass is 244 g/mol. The van der Waals surface area contributed by atoms with Crippen molar-refractivity contribution in [1.82, 2.24) is 10.2 Å². The normalized spacial score (nSPS) is 18.5. The van der Waals surface area contributed by atoms with E-state index in [1.165, 1.54) is 11.8 Å². The molecule has 0 spiro atoms. The van der Waals surface area contributed by atoms with Crippen LogP contribution in [0, 0.1) is 5.92 Å². The van der Waals surface area contributed by atoms with Crippen molar-refractivity contribution in [2.45, 2.75) is 25.8 Å². The summed E-state index contributed by atoms with van der Waals surface area (Å²) < 4.78 is 5.24. The van der Waals surface area contributed by atoms with E-state index in [9.17, 15) is 9.59 Å². The Morgan fingerprint density at radius 3 is 2.59 bits per heavy atom. The zero-order chi connectivity index (χ0) is 12.8. The highest BCUT2D eigenvalue weighted by atomic mass is 16.5. The van der Waals surface area contributed by atoms with Crippen molar-refractivity contribution in [2.24, 2.45) is 5.92 Å². The van der Waals surface area contributed by atoms with Gasteiger partial charge in [-0.2, -0.15) is 0 Å². The van der Waals surface area contributed by atoms with Crippen LogP contribution in [0.5, 0.6) is 0 Å². The summed E-state index contributed by atoms with van der Waals surface area (Å²) in [6, 6.07) is -1.20. The smallest absolute Gasteiger partial charge is 0.325 e. The highest BCUT2D eigenvalue weighted by Gasteiger charge is 2.21. The van der Waals surface area contributed by atoms with Crippen LogP contribution in [0.3, 0.4) is 0 Å². The number of nitrogens with zero attached hydrogens (tertiary/aromatic N) is 1. The molecule has 0 aromatic heterocycles. The van der Waals surface area contributed by atoms with Gasteiger partial charge >= 0.3 is 12.0 Å². The molecule has 1 rings (SSSR count). The molecule has 1 fully saturated rings. The molecule has 0 unspecified atom stereocenters. The Hall–Kier alpha value is -1.30. The quantitative estimate of drug-likeness (QED) is 0.756. The number of hydrogen-bond donors (Lipinski definition) is 2. The van der Waals surface area contributed by atoms with Gasteiger partial charge in [0.1, 0.15) is 6.04 Å². The van der Waals surface area contributed by atoms with Crippen molar-refractivity contribution in [3.8, 4) is 0 Å². The van der Waals surface area contributed by atoms with E-state index in [0.29, 0.717) is 12.5 Å². The second kappa shape index (κ2) is 6.44. The fourth-order valence-corrected chi connectivity index (χ4v) is 1.76. The van der Waals surface area contributed by atoms with Crippen LogP contribution in [-0.4, -0.2) is 54.9 Å². The summed E-state index contributed by atoms with van der Waals surface area (Å²) in [4.78, 5) is 23.8. The van der Waals surface area contributed by atoms with Crippen molar-refractivity contribution in [1.29, 1.82) is 0 Å². The molecule has 17 heavy (non-hydrogen) atoms. The molecule has 98 valence electrons. The molecule has 2 N–H and O–H groups in total. The topological polar surface area (TPSA) is 78.9 Å². The van der Waals surface area contributed by atoms with E-state index < -0.39 is 12.0 Å². The number of hydrogen-bond acceptors (Lipinski definition) is 3. The number of nitrogens with one attached hydrogen (secondary N) is 1. The molecule has 0 aliphatic carbocycles. The average Bonchev–Trinajstić information content (AvgIpc) is 2.29. The molecule has 0 saturated carbocycles. The first-order chi connectivity index (χ1) is 8.00. The molecule has 6 nitrogen and oxygen atoms in total. The van der Waals surface area contributed by atoms with E-state index >= 15 is 0 Å². The van der Waals surface area contributed by atoms with Crippen LogP contribution in [0.4, 0.5) is 4.79 Å². The number of rotatable bonds is 4. The van der Waals surface area contributed by atoms with Gasteiger partial charge in [0.25, 0.3) is 0 Å². The van der Waals surface area contributed by atoms with Crippen LogP contribution in [0.2, 0.25) is 0 Å². The third kappa shape index (κ3) is 4.60. The lowest BCUT2D eigenvalue weighted by Gasteiger charge is -2.27. The van der Waals surface area contributed by atoms with Crippen molar-refractivity contribution in [3.05, 3.63) is 0 Å². The largest absolute Gasteiger partial charge is 0.480 e. The van der Waals surface area contributed by atoms with Gasteiger partial charge in [0, 0.05) is 26.8 Å². The van der Waals surface area contributed by atoms with E-state index in [0.717, 1.165) is 26.1 Å². The van der Waals surface area contributed by atoms with Gasteiger partial charge in [-0.25, -0.2) is 4.79 Å². The van der Waals surface area contributed by atoms with Gasteiger partial charge < -0.3 is 20.1 Å². The maximum Gasteiger partial charge on any atom is 0.325 e. The van der Waals surface area contributed by atoms with E-state index in [1.54, 1.807) is 7.05 Å². The molecule has 0 bridgehead atoms. The number of urea groups is 1. The molecule has 6 heteroatoms. The molecular formula is C11H20N2O4. The van der Waals surface area contributed by atoms with Crippen LogP contribution in [0.1, 0.15) is 19.8 Å². The fraction of sp³-hybridized carbons (Fsp3) is 0.818.